The number of rotatable bonds is 8. The summed E-state index contributed by atoms with van der Waals surface area (Å²) < 4.78 is 25.0. The van der Waals surface area contributed by atoms with E-state index in [-0.39, 0.29) is 24.9 Å². The van der Waals surface area contributed by atoms with Crippen molar-refractivity contribution in [2.75, 3.05) is 13.2 Å². The zero-order chi connectivity index (χ0) is 21.8. The van der Waals surface area contributed by atoms with Gasteiger partial charge in [0.2, 0.25) is 0 Å². The van der Waals surface area contributed by atoms with Crippen molar-refractivity contribution in [3.8, 4) is 0 Å². The van der Waals surface area contributed by atoms with Gasteiger partial charge in [-0.25, -0.2) is 0 Å². The molecule has 2 atom stereocenters. The number of carbonyl (C=O) groups is 1. The molecule has 0 N–H and O–H groups in total. The molecule has 4 rings (SSSR count). The Balaban J connectivity index is 1.84. The van der Waals surface area contributed by atoms with Crippen LogP contribution in [0.5, 0.6) is 0 Å². The summed E-state index contributed by atoms with van der Waals surface area (Å²) in [6.45, 7) is 4.08. The van der Waals surface area contributed by atoms with Gasteiger partial charge in [-0.15, -0.1) is 0 Å². The fraction of sp³-hybridized carbons (Fsp3) is 0.269. The standard InChI is InChI=1S/C26H27O4P/c1-3-29-31(28,30-4-2)24-18-17-23(25(24)26(27)20-12-6-5-7-13-20)22-16-10-14-19-11-8-9-15-21(19)22/h5-16,18,23,25H,3-4,17H2,1-2H3/t23-,25-/m0/s1. The number of fused-ring (bicyclic) bond motifs is 1. The second kappa shape index (κ2) is 9.32. The number of ketones is 1. The lowest BCUT2D eigenvalue weighted by molar-refractivity contribution is 0.0928. The highest BCUT2D eigenvalue weighted by molar-refractivity contribution is 7.58. The molecular weight excluding hydrogens is 407 g/mol. The molecule has 0 spiro atoms. The molecule has 4 nitrogen and oxygen atoms in total. The number of hydrogen-bond acceptors (Lipinski definition) is 4. The van der Waals surface area contributed by atoms with Gasteiger partial charge in [0.15, 0.2) is 5.78 Å². The van der Waals surface area contributed by atoms with E-state index in [2.05, 4.69) is 24.3 Å². The maximum atomic E-state index is 13.8. The van der Waals surface area contributed by atoms with Crippen LogP contribution < -0.4 is 0 Å². The Kier molecular flexibility index (Phi) is 6.52. The van der Waals surface area contributed by atoms with Crippen LogP contribution in [-0.4, -0.2) is 19.0 Å². The van der Waals surface area contributed by atoms with Gasteiger partial charge in [-0.1, -0.05) is 78.9 Å². The molecule has 0 heterocycles. The molecule has 5 heteroatoms. The Hall–Kier alpha value is -2.52. The van der Waals surface area contributed by atoms with Crippen LogP contribution in [0, 0.1) is 5.92 Å². The molecule has 0 saturated carbocycles. The predicted octanol–water partition coefficient (Wildman–Crippen LogP) is 6.98. The molecule has 1 aliphatic rings. The summed E-state index contributed by atoms with van der Waals surface area (Å²) in [5, 5.41) is 2.72. The summed E-state index contributed by atoms with van der Waals surface area (Å²) in [4.78, 5) is 13.8. The van der Waals surface area contributed by atoms with Gasteiger partial charge in [0.05, 0.1) is 19.1 Å². The minimum absolute atomic E-state index is 0.0538. The Morgan fingerprint density at radius 1 is 0.903 bits per heavy atom. The number of allylic oxidation sites excluding steroid dienone is 2. The molecule has 31 heavy (non-hydrogen) atoms. The molecule has 0 saturated heterocycles. The smallest absolute Gasteiger partial charge is 0.306 e. The average Bonchev–Trinajstić information content (AvgIpc) is 3.25. The summed E-state index contributed by atoms with van der Waals surface area (Å²) in [5.41, 5.74) is 1.68. The van der Waals surface area contributed by atoms with E-state index in [4.69, 9.17) is 9.05 Å². The normalized spacial score (nSPS) is 18.8. The molecule has 0 unspecified atom stereocenters. The lowest BCUT2D eigenvalue weighted by atomic mass is 9.81. The first-order valence-electron chi connectivity index (χ1n) is 10.8. The molecule has 0 radical (unpaired) electrons. The highest BCUT2D eigenvalue weighted by Crippen LogP contribution is 2.64. The van der Waals surface area contributed by atoms with Gasteiger partial charge in [-0.3, -0.25) is 9.36 Å². The minimum Gasteiger partial charge on any atom is -0.306 e. The van der Waals surface area contributed by atoms with Crippen molar-refractivity contribution >= 4 is 24.2 Å². The molecule has 1 aliphatic carbocycles. The fourth-order valence-electron chi connectivity index (χ4n) is 4.50. The highest BCUT2D eigenvalue weighted by atomic mass is 31.2. The van der Waals surface area contributed by atoms with Crippen molar-refractivity contribution in [1.82, 2.24) is 0 Å². The van der Waals surface area contributed by atoms with Crippen LogP contribution in [0.1, 0.15) is 42.1 Å². The lowest BCUT2D eigenvalue weighted by Gasteiger charge is -2.27. The molecule has 0 amide bonds. The first kappa shape index (κ1) is 21.7. The monoisotopic (exact) mass is 434 g/mol. The maximum absolute atomic E-state index is 13.8. The van der Waals surface area contributed by atoms with Crippen molar-refractivity contribution in [2.24, 2.45) is 5.92 Å². The summed E-state index contributed by atoms with van der Waals surface area (Å²) in [6.07, 6.45) is 2.51. The van der Waals surface area contributed by atoms with E-state index in [1.807, 2.05) is 54.6 Å². The zero-order valence-corrected chi connectivity index (χ0v) is 18.8. The predicted molar refractivity (Wildman–Crippen MR) is 125 cm³/mol. The third kappa shape index (κ3) is 4.16. The van der Waals surface area contributed by atoms with E-state index in [1.165, 1.54) is 0 Å². The van der Waals surface area contributed by atoms with E-state index < -0.39 is 13.5 Å². The molecular formula is C26H27O4P. The largest absolute Gasteiger partial charge is 0.357 e. The van der Waals surface area contributed by atoms with Crippen molar-refractivity contribution in [3.63, 3.8) is 0 Å². The molecule has 3 aromatic carbocycles. The molecule has 0 bridgehead atoms. The Morgan fingerprint density at radius 3 is 2.26 bits per heavy atom. The first-order chi connectivity index (χ1) is 15.1. The minimum atomic E-state index is -3.58. The molecule has 0 fully saturated rings. The van der Waals surface area contributed by atoms with Crippen LogP contribution in [-0.2, 0) is 13.6 Å². The summed E-state index contributed by atoms with van der Waals surface area (Å²) >= 11 is 0. The number of hydrogen-bond donors (Lipinski definition) is 0. The second-order valence-electron chi connectivity index (χ2n) is 7.58. The zero-order valence-electron chi connectivity index (χ0n) is 17.9. The second-order valence-corrected chi connectivity index (χ2v) is 9.61. The van der Waals surface area contributed by atoms with E-state index in [0.717, 1.165) is 16.3 Å². The van der Waals surface area contributed by atoms with Crippen molar-refractivity contribution in [3.05, 3.63) is 95.3 Å². The average molecular weight is 434 g/mol. The third-order valence-electron chi connectivity index (χ3n) is 5.78. The van der Waals surface area contributed by atoms with E-state index in [0.29, 0.717) is 17.3 Å². The molecule has 0 aliphatic heterocycles. The number of carbonyl (C=O) groups excluding carboxylic acids is 1. The fourth-order valence-corrected chi connectivity index (χ4v) is 6.52. The van der Waals surface area contributed by atoms with Crippen molar-refractivity contribution in [1.29, 1.82) is 0 Å². The Morgan fingerprint density at radius 2 is 1.55 bits per heavy atom. The number of Topliss-reactive ketones (excluding diaryl/α,β-unsaturated/α-hetero) is 1. The van der Waals surface area contributed by atoms with Crippen LogP contribution in [0.15, 0.2) is 84.2 Å². The van der Waals surface area contributed by atoms with Crippen LogP contribution in [0.2, 0.25) is 0 Å². The van der Waals surface area contributed by atoms with Gasteiger partial charge in [0, 0.05) is 16.8 Å². The van der Waals surface area contributed by atoms with Gasteiger partial charge in [-0.05, 0) is 36.6 Å². The highest BCUT2D eigenvalue weighted by Gasteiger charge is 2.46. The topological polar surface area (TPSA) is 52.6 Å². The van der Waals surface area contributed by atoms with Gasteiger partial charge >= 0.3 is 7.60 Å². The van der Waals surface area contributed by atoms with Gasteiger partial charge in [-0.2, -0.15) is 0 Å². The Bertz CT molecular complexity index is 1140. The Labute approximate surface area is 183 Å². The van der Waals surface area contributed by atoms with E-state index >= 15 is 0 Å². The molecule has 3 aromatic rings. The summed E-state index contributed by atoms with van der Waals surface area (Å²) in [5.74, 6) is -0.790. The van der Waals surface area contributed by atoms with Crippen molar-refractivity contribution in [2.45, 2.75) is 26.2 Å². The van der Waals surface area contributed by atoms with Crippen LogP contribution >= 0.6 is 7.60 Å². The lowest BCUT2D eigenvalue weighted by Crippen LogP contribution is -2.22. The van der Waals surface area contributed by atoms with Crippen LogP contribution in [0.3, 0.4) is 0 Å². The first-order valence-corrected chi connectivity index (χ1v) is 12.3. The van der Waals surface area contributed by atoms with Crippen molar-refractivity contribution < 1.29 is 18.4 Å². The van der Waals surface area contributed by atoms with E-state index in [1.54, 1.807) is 13.8 Å². The quantitative estimate of drug-likeness (QED) is 0.284. The third-order valence-corrected chi connectivity index (χ3v) is 8.07. The van der Waals surface area contributed by atoms with E-state index in [9.17, 15) is 9.36 Å². The molecule has 0 aromatic heterocycles. The van der Waals surface area contributed by atoms with Crippen LogP contribution in [0.4, 0.5) is 0 Å². The van der Waals surface area contributed by atoms with Gasteiger partial charge < -0.3 is 9.05 Å². The maximum Gasteiger partial charge on any atom is 0.357 e. The summed E-state index contributed by atoms with van der Waals surface area (Å²) in [7, 11) is -3.58. The molecule has 160 valence electrons. The van der Waals surface area contributed by atoms with Crippen LogP contribution in [0.25, 0.3) is 10.8 Å². The number of benzene rings is 3. The van der Waals surface area contributed by atoms with Gasteiger partial charge in [0.25, 0.3) is 0 Å². The summed E-state index contributed by atoms with van der Waals surface area (Å²) in [6, 6.07) is 23.5. The van der Waals surface area contributed by atoms with Gasteiger partial charge in [0.1, 0.15) is 0 Å². The SMILES string of the molecule is CCOP(=O)(OCC)C1=CC[C@@H](c2cccc3ccccc23)[C@@H]1C(=O)c1ccccc1.